The first-order valence-electron chi connectivity index (χ1n) is 8.61. The van der Waals surface area contributed by atoms with Crippen LogP contribution in [0.5, 0.6) is 0 Å². The van der Waals surface area contributed by atoms with Gasteiger partial charge >= 0.3 is 0 Å². The van der Waals surface area contributed by atoms with Gasteiger partial charge < -0.3 is 5.32 Å². The number of hydrogen-bond donors (Lipinski definition) is 1. The highest BCUT2D eigenvalue weighted by Gasteiger charge is 2.26. The number of fused-ring (bicyclic) bond motifs is 1. The van der Waals surface area contributed by atoms with E-state index >= 15 is 0 Å². The third-order valence-corrected chi connectivity index (χ3v) is 5.12. The highest BCUT2D eigenvalue weighted by atomic mass is 14.9. The fourth-order valence-electron chi connectivity index (χ4n) is 3.97. The lowest BCUT2D eigenvalue weighted by molar-refractivity contribution is 0.296. The minimum atomic E-state index is 0.686. The molecule has 1 heteroatoms. The summed E-state index contributed by atoms with van der Waals surface area (Å²) in [6, 6.07) is 9.81. The molecule has 0 saturated heterocycles. The third kappa shape index (κ3) is 3.63. The lowest BCUT2D eigenvalue weighted by atomic mass is 9.77. The van der Waals surface area contributed by atoms with Gasteiger partial charge in [0.15, 0.2) is 0 Å². The van der Waals surface area contributed by atoms with Crippen molar-refractivity contribution in [1.82, 2.24) is 5.32 Å². The van der Waals surface area contributed by atoms with Crippen LogP contribution in [-0.2, 0) is 6.42 Å². The molecule has 0 amide bonds. The molecule has 1 aromatic rings. The van der Waals surface area contributed by atoms with Crippen molar-refractivity contribution < 1.29 is 0 Å². The fraction of sp³-hybridized carbons (Fsp3) is 0.684. The van der Waals surface area contributed by atoms with Gasteiger partial charge in [0.05, 0.1) is 0 Å². The van der Waals surface area contributed by atoms with Crippen molar-refractivity contribution in [2.45, 2.75) is 71.3 Å². The Bertz CT molecular complexity index is 395. The molecule has 0 spiro atoms. The predicted octanol–water partition coefficient (Wildman–Crippen LogP) is 4.91. The first kappa shape index (κ1) is 15.6. The molecule has 1 nitrogen and oxygen atoms in total. The van der Waals surface area contributed by atoms with Gasteiger partial charge in [-0.3, -0.25) is 0 Å². The highest BCUT2D eigenvalue weighted by Crippen LogP contribution is 2.36. The molecular weight excluding hydrogens is 242 g/mol. The van der Waals surface area contributed by atoms with E-state index in [4.69, 9.17) is 0 Å². The van der Waals surface area contributed by atoms with E-state index in [1.807, 2.05) is 0 Å². The first-order valence-corrected chi connectivity index (χ1v) is 8.61. The second-order valence-corrected chi connectivity index (χ2v) is 6.26. The number of rotatable bonds is 7. The molecule has 2 atom stereocenters. The summed E-state index contributed by atoms with van der Waals surface area (Å²) in [6.07, 6.45) is 7.92. The summed E-state index contributed by atoms with van der Waals surface area (Å²) >= 11 is 0. The summed E-state index contributed by atoms with van der Waals surface area (Å²) in [7, 11) is 0. The van der Waals surface area contributed by atoms with E-state index in [2.05, 4.69) is 50.4 Å². The average Bonchev–Trinajstić information content (AvgIpc) is 2.49. The molecule has 20 heavy (non-hydrogen) atoms. The van der Waals surface area contributed by atoms with Gasteiger partial charge in [0.2, 0.25) is 0 Å². The van der Waals surface area contributed by atoms with E-state index in [1.165, 1.54) is 38.5 Å². The molecule has 0 aromatic heterocycles. The SMILES string of the molecule is CCNC(CC1CCCc2ccccc21)C(CC)CC. The zero-order valence-corrected chi connectivity index (χ0v) is 13.5. The van der Waals surface area contributed by atoms with Gasteiger partial charge in [0, 0.05) is 6.04 Å². The summed E-state index contributed by atoms with van der Waals surface area (Å²) in [5.74, 6) is 1.59. The average molecular weight is 273 g/mol. The van der Waals surface area contributed by atoms with Crippen molar-refractivity contribution in [1.29, 1.82) is 0 Å². The van der Waals surface area contributed by atoms with Gasteiger partial charge in [-0.2, -0.15) is 0 Å². The Labute approximate surface area is 125 Å². The van der Waals surface area contributed by atoms with Crippen LogP contribution in [0.1, 0.15) is 69.9 Å². The Hall–Kier alpha value is -0.820. The Balaban J connectivity index is 2.11. The summed E-state index contributed by atoms with van der Waals surface area (Å²) in [6.45, 7) is 8.01. The molecule has 0 radical (unpaired) electrons. The van der Waals surface area contributed by atoms with Gasteiger partial charge in [0.1, 0.15) is 0 Å². The van der Waals surface area contributed by atoms with Gasteiger partial charge in [0.25, 0.3) is 0 Å². The third-order valence-electron chi connectivity index (χ3n) is 5.12. The minimum Gasteiger partial charge on any atom is -0.314 e. The van der Waals surface area contributed by atoms with Gasteiger partial charge in [-0.1, -0.05) is 57.9 Å². The molecule has 0 heterocycles. The second kappa shape index (κ2) is 7.83. The van der Waals surface area contributed by atoms with Crippen LogP contribution in [0.2, 0.25) is 0 Å². The number of hydrogen-bond acceptors (Lipinski definition) is 1. The smallest absolute Gasteiger partial charge is 0.0101 e. The maximum atomic E-state index is 3.76. The van der Waals surface area contributed by atoms with Crippen LogP contribution < -0.4 is 5.32 Å². The van der Waals surface area contributed by atoms with E-state index in [0.29, 0.717) is 6.04 Å². The van der Waals surface area contributed by atoms with Crippen LogP contribution in [0.4, 0.5) is 0 Å². The lowest BCUT2D eigenvalue weighted by Gasteiger charge is -2.33. The summed E-state index contributed by atoms with van der Waals surface area (Å²) in [5.41, 5.74) is 3.23. The molecule has 1 aliphatic carbocycles. The topological polar surface area (TPSA) is 12.0 Å². The molecular formula is C19H31N. The monoisotopic (exact) mass is 273 g/mol. The summed E-state index contributed by atoms with van der Waals surface area (Å²) in [5, 5.41) is 3.76. The van der Waals surface area contributed by atoms with E-state index in [1.54, 1.807) is 11.1 Å². The molecule has 112 valence electrons. The van der Waals surface area contributed by atoms with Crippen LogP contribution in [-0.4, -0.2) is 12.6 Å². The van der Waals surface area contributed by atoms with Crippen molar-refractivity contribution in [3.05, 3.63) is 35.4 Å². The molecule has 1 aromatic carbocycles. The van der Waals surface area contributed by atoms with Crippen LogP contribution in [0, 0.1) is 5.92 Å². The zero-order chi connectivity index (χ0) is 14.4. The van der Waals surface area contributed by atoms with Gasteiger partial charge in [-0.05, 0) is 55.2 Å². The normalized spacial score (nSPS) is 19.9. The van der Waals surface area contributed by atoms with Crippen LogP contribution in [0.3, 0.4) is 0 Å². The standard InChI is InChI=1S/C19H31N/c1-4-15(5-2)19(20-6-3)14-17-12-9-11-16-10-7-8-13-18(16)17/h7-8,10,13,15,17,19-20H,4-6,9,11-12,14H2,1-3H3. The number of nitrogens with one attached hydrogen (secondary N) is 1. The number of benzene rings is 1. The largest absolute Gasteiger partial charge is 0.314 e. The van der Waals surface area contributed by atoms with Crippen LogP contribution in [0.15, 0.2) is 24.3 Å². The zero-order valence-electron chi connectivity index (χ0n) is 13.5. The van der Waals surface area contributed by atoms with E-state index in [9.17, 15) is 0 Å². The number of aryl methyl sites for hydroxylation is 1. The quantitative estimate of drug-likeness (QED) is 0.744. The second-order valence-electron chi connectivity index (χ2n) is 6.26. The van der Waals surface area contributed by atoms with Gasteiger partial charge in [-0.15, -0.1) is 0 Å². The summed E-state index contributed by atoms with van der Waals surface area (Å²) < 4.78 is 0. The molecule has 2 unspecified atom stereocenters. The molecule has 0 fully saturated rings. The van der Waals surface area contributed by atoms with Crippen molar-refractivity contribution in [3.63, 3.8) is 0 Å². The van der Waals surface area contributed by atoms with E-state index < -0.39 is 0 Å². The molecule has 2 rings (SSSR count). The van der Waals surface area contributed by atoms with Crippen molar-refractivity contribution >= 4 is 0 Å². The molecule has 0 bridgehead atoms. The van der Waals surface area contributed by atoms with Gasteiger partial charge in [-0.25, -0.2) is 0 Å². The maximum absolute atomic E-state index is 3.76. The Morgan fingerprint density at radius 2 is 1.90 bits per heavy atom. The Kier molecular flexibility index (Phi) is 6.09. The highest BCUT2D eigenvalue weighted by molar-refractivity contribution is 5.32. The van der Waals surface area contributed by atoms with E-state index in [0.717, 1.165) is 18.4 Å². The molecule has 0 aliphatic heterocycles. The fourth-order valence-corrected chi connectivity index (χ4v) is 3.97. The van der Waals surface area contributed by atoms with Crippen molar-refractivity contribution in [2.75, 3.05) is 6.54 Å². The lowest BCUT2D eigenvalue weighted by Crippen LogP contribution is -2.37. The Morgan fingerprint density at radius 3 is 2.60 bits per heavy atom. The molecule has 0 saturated carbocycles. The molecule has 1 N–H and O–H groups in total. The van der Waals surface area contributed by atoms with Crippen molar-refractivity contribution in [3.8, 4) is 0 Å². The molecule has 1 aliphatic rings. The minimum absolute atomic E-state index is 0.686. The van der Waals surface area contributed by atoms with Crippen LogP contribution in [0.25, 0.3) is 0 Å². The summed E-state index contributed by atoms with van der Waals surface area (Å²) in [4.78, 5) is 0. The maximum Gasteiger partial charge on any atom is 0.0101 e. The predicted molar refractivity (Wildman–Crippen MR) is 88.3 cm³/mol. The Morgan fingerprint density at radius 1 is 1.15 bits per heavy atom. The van der Waals surface area contributed by atoms with E-state index in [-0.39, 0.29) is 0 Å². The first-order chi connectivity index (χ1) is 9.80. The van der Waals surface area contributed by atoms with Crippen LogP contribution >= 0.6 is 0 Å². The van der Waals surface area contributed by atoms with Crippen molar-refractivity contribution in [2.24, 2.45) is 5.92 Å².